The van der Waals surface area contributed by atoms with Gasteiger partial charge in [0.1, 0.15) is 0 Å². The van der Waals surface area contributed by atoms with Gasteiger partial charge >= 0.3 is 0 Å². The predicted molar refractivity (Wildman–Crippen MR) is 128 cm³/mol. The van der Waals surface area contributed by atoms with E-state index < -0.39 is 0 Å². The Hall–Kier alpha value is -3.51. The van der Waals surface area contributed by atoms with E-state index in [9.17, 15) is 0 Å². The summed E-state index contributed by atoms with van der Waals surface area (Å²) in [6, 6.07) is 28.3. The molecule has 3 aromatic rings. The van der Waals surface area contributed by atoms with Crippen LogP contribution in [0.25, 0.3) is 0 Å². The summed E-state index contributed by atoms with van der Waals surface area (Å²) in [5, 5.41) is 3.53. The van der Waals surface area contributed by atoms with Crippen LogP contribution in [0.1, 0.15) is 37.8 Å². The Bertz CT molecular complexity index is 992. The zero-order chi connectivity index (χ0) is 21.0. The standard InChI is InChI=1S/C27H29N3/c1-3-21-30(22-4-2)27(28-25-16-9-6-10-17-25)29-26-18-12-11-15-24(26)20-19-23-13-7-5-8-14-23/h5-18H,3-4,21-22H2,1-2H3,(H,28,29). The number of rotatable bonds is 6. The van der Waals surface area contributed by atoms with Crippen LogP contribution in [0.2, 0.25) is 0 Å². The number of nitrogens with one attached hydrogen (secondary N) is 1. The van der Waals surface area contributed by atoms with Crippen LogP contribution >= 0.6 is 0 Å². The highest BCUT2D eigenvalue weighted by molar-refractivity contribution is 5.95. The van der Waals surface area contributed by atoms with Crippen LogP contribution < -0.4 is 5.32 Å². The number of hydrogen-bond donors (Lipinski definition) is 1. The van der Waals surface area contributed by atoms with E-state index in [2.05, 4.69) is 48.0 Å². The van der Waals surface area contributed by atoms with Crippen molar-refractivity contribution in [2.75, 3.05) is 18.4 Å². The van der Waals surface area contributed by atoms with E-state index in [-0.39, 0.29) is 0 Å². The molecule has 0 fully saturated rings. The molecule has 0 saturated heterocycles. The van der Waals surface area contributed by atoms with Gasteiger partial charge in [0.15, 0.2) is 0 Å². The number of hydrogen-bond acceptors (Lipinski definition) is 1. The van der Waals surface area contributed by atoms with Crippen LogP contribution in [0.3, 0.4) is 0 Å². The molecule has 0 aliphatic heterocycles. The lowest BCUT2D eigenvalue weighted by Crippen LogP contribution is -2.37. The minimum Gasteiger partial charge on any atom is -0.342 e. The van der Waals surface area contributed by atoms with Gasteiger partial charge in [0, 0.05) is 24.3 Å². The van der Waals surface area contributed by atoms with E-state index in [1.54, 1.807) is 0 Å². The molecule has 0 heterocycles. The van der Waals surface area contributed by atoms with Gasteiger partial charge in [0.25, 0.3) is 0 Å². The van der Waals surface area contributed by atoms with E-state index in [0.717, 1.165) is 54.4 Å². The first-order valence-corrected chi connectivity index (χ1v) is 10.6. The smallest absolute Gasteiger partial charge is 0.203 e. The highest BCUT2D eigenvalue weighted by atomic mass is 15.3. The first kappa shape index (κ1) is 21.2. The Morgan fingerprint density at radius 2 is 1.37 bits per heavy atom. The van der Waals surface area contributed by atoms with E-state index in [1.165, 1.54) is 0 Å². The van der Waals surface area contributed by atoms with Gasteiger partial charge in [-0.2, -0.15) is 0 Å². The number of guanidine groups is 1. The molecule has 0 unspecified atom stereocenters. The molecule has 1 N–H and O–H groups in total. The monoisotopic (exact) mass is 395 g/mol. The summed E-state index contributed by atoms with van der Waals surface area (Å²) < 4.78 is 0. The maximum atomic E-state index is 5.03. The lowest BCUT2D eigenvalue weighted by molar-refractivity contribution is 0.416. The largest absolute Gasteiger partial charge is 0.342 e. The molecule has 0 saturated carbocycles. The van der Waals surface area contributed by atoms with Gasteiger partial charge in [-0.15, -0.1) is 0 Å². The van der Waals surface area contributed by atoms with Gasteiger partial charge in [-0.1, -0.05) is 74.2 Å². The van der Waals surface area contributed by atoms with E-state index in [4.69, 9.17) is 4.99 Å². The van der Waals surface area contributed by atoms with Crippen molar-refractivity contribution in [1.29, 1.82) is 0 Å². The molecule has 0 radical (unpaired) electrons. The molecule has 152 valence electrons. The molecule has 0 amide bonds. The van der Waals surface area contributed by atoms with Crippen LogP contribution in [0, 0.1) is 11.8 Å². The minimum absolute atomic E-state index is 0.860. The van der Waals surface area contributed by atoms with Crippen molar-refractivity contribution < 1.29 is 0 Å². The third kappa shape index (κ3) is 6.25. The van der Waals surface area contributed by atoms with Crippen LogP contribution in [0.4, 0.5) is 11.4 Å². The third-order valence-corrected chi connectivity index (χ3v) is 4.56. The molecule has 3 aromatic carbocycles. The summed E-state index contributed by atoms with van der Waals surface area (Å²) in [4.78, 5) is 7.35. The minimum atomic E-state index is 0.860. The SMILES string of the molecule is CCCN(CCC)C(=Nc1ccccc1C#Cc1ccccc1)Nc1ccccc1. The van der Waals surface area contributed by atoms with Crippen LogP contribution in [-0.4, -0.2) is 23.9 Å². The second-order valence-electron chi connectivity index (χ2n) is 7.05. The quantitative estimate of drug-likeness (QED) is 0.301. The fraction of sp³-hybridized carbons (Fsp3) is 0.222. The maximum absolute atomic E-state index is 5.03. The zero-order valence-electron chi connectivity index (χ0n) is 17.8. The molecular formula is C27H29N3. The van der Waals surface area contributed by atoms with Gasteiger partial charge < -0.3 is 10.2 Å². The molecule has 3 rings (SSSR count). The maximum Gasteiger partial charge on any atom is 0.203 e. The van der Waals surface area contributed by atoms with E-state index in [1.807, 2.05) is 72.8 Å². The highest BCUT2D eigenvalue weighted by Gasteiger charge is 2.11. The lowest BCUT2D eigenvalue weighted by atomic mass is 10.1. The average molecular weight is 396 g/mol. The molecular weight excluding hydrogens is 366 g/mol. The van der Waals surface area contributed by atoms with E-state index >= 15 is 0 Å². The van der Waals surface area contributed by atoms with Crippen LogP contribution in [0.15, 0.2) is 89.9 Å². The van der Waals surface area contributed by atoms with Crippen molar-refractivity contribution in [3.8, 4) is 11.8 Å². The van der Waals surface area contributed by atoms with Crippen LogP contribution in [-0.2, 0) is 0 Å². The van der Waals surface area contributed by atoms with Crippen molar-refractivity contribution >= 4 is 17.3 Å². The fourth-order valence-corrected chi connectivity index (χ4v) is 3.14. The molecule has 3 nitrogen and oxygen atoms in total. The second kappa shape index (κ2) is 11.5. The second-order valence-corrected chi connectivity index (χ2v) is 7.05. The Balaban J connectivity index is 1.98. The van der Waals surface area contributed by atoms with Crippen molar-refractivity contribution in [1.82, 2.24) is 4.90 Å². The Morgan fingerprint density at radius 3 is 2.03 bits per heavy atom. The number of para-hydroxylation sites is 2. The van der Waals surface area contributed by atoms with Crippen molar-refractivity contribution in [2.24, 2.45) is 4.99 Å². The normalized spacial score (nSPS) is 10.8. The molecule has 0 aliphatic rings. The van der Waals surface area contributed by atoms with Crippen molar-refractivity contribution in [3.05, 3.63) is 96.1 Å². The number of nitrogens with zero attached hydrogens (tertiary/aromatic N) is 2. The van der Waals surface area contributed by atoms with Gasteiger partial charge in [-0.3, -0.25) is 0 Å². The van der Waals surface area contributed by atoms with Gasteiger partial charge in [0.2, 0.25) is 5.96 Å². The first-order valence-electron chi connectivity index (χ1n) is 10.6. The summed E-state index contributed by atoms with van der Waals surface area (Å²) in [7, 11) is 0. The molecule has 30 heavy (non-hydrogen) atoms. The molecule has 0 atom stereocenters. The zero-order valence-corrected chi connectivity index (χ0v) is 17.8. The summed E-state index contributed by atoms with van der Waals surface area (Å²) in [5.41, 5.74) is 3.82. The highest BCUT2D eigenvalue weighted by Crippen LogP contribution is 2.20. The molecule has 0 aliphatic carbocycles. The lowest BCUT2D eigenvalue weighted by Gasteiger charge is -2.26. The Morgan fingerprint density at radius 1 is 0.767 bits per heavy atom. The van der Waals surface area contributed by atoms with Crippen molar-refractivity contribution in [2.45, 2.75) is 26.7 Å². The Labute approximate surface area is 180 Å². The van der Waals surface area contributed by atoms with Gasteiger partial charge in [-0.25, -0.2) is 4.99 Å². The molecule has 3 heteroatoms. The number of anilines is 1. The number of benzene rings is 3. The first-order chi connectivity index (χ1) is 14.8. The topological polar surface area (TPSA) is 27.6 Å². The molecule has 0 bridgehead atoms. The third-order valence-electron chi connectivity index (χ3n) is 4.56. The molecule has 0 aromatic heterocycles. The van der Waals surface area contributed by atoms with Crippen molar-refractivity contribution in [3.63, 3.8) is 0 Å². The summed E-state index contributed by atoms with van der Waals surface area (Å²) in [6.07, 6.45) is 2.12. The fourth-order valence-electron chi connectivity index (χ4n) is 3.14. The van der Waals surface area contributed by atoms with Gasteiger partial charge in [0.05, 0.1) is 11.3 Å². The summed E-state index contributed by atoms with van der Waals surface area (Å²) in [6.45, 7) is 6.29. The average Bonchev–Trinajstić information content (AvgIpc) is 2.79. The number of aliphatic imine (C=N–C) groups is 1. The summed E-state index contributed by atoms with van der Waals surface area (Å²) >= 11 is 0. The van der Waals surface area contributed by atoms with Gasteiger partial charge in [-0.05, 0) is 49.2 Å². The predicted octanol–water partition coefficient (Wildman–Crippen LogP) is 6.31. The molecule has 0 spiro atoms. The summed E-state index contributed by atoms with van der Waals surface area (Å²) in [5.74, 6) is 7.41. The Kier molecular flexibility index (Phi) is 8.12. The van der Waals surface area contributed by atoms with Crippen LogP contribution in [0.5, 0.6) is 0 Å². The van der Waals surface area contributed by atoms with E-state index in [0.29, 0.717) is 0 Å².